The highest BCUT2D eigenvalue weighted by molar-refractivity contribution is 7.09. The van der Waals surface area contributed by atoms with Gasteiger partial charge in [0.25, 0.3) is 5.56 Å². The number of methoxy groups -OCH3 is 1. The molecule has 2 aromatic heterocycles. The molecule has 6 heteroatoms. The van der Waals surface area contributed by atoms with Crippen molar-refractivity contribution in [1.82, 2.24) is 14.9 Å². The van der Waals surface area contributed by atoms with Crippen molar-refractivity contribution in [2.75, 3.05) is 13.7 Å². The fourth-order valence-electron chi connectivity index (χ4n) is 3.00. The lowest BCUT2D eigenvalue weighted by Crippen LogP contribution is -2.37. The third-order valence-electron chi connectivity index (χ3n) is 4.13. The number of nitrogens with one attached hydrogen (secondary N) is 1. The molecule has 0 aromatic carbocycles. The standard InChI is InChI=1S/C16H21N3O2S/c1-21-8-7-19-14-4-3-13(10-12(14)2-5-16(19)20)18-11-15-17-6-9-22-15/h2,5-6,9,13,18H,3-4,7-8,10-11H2,1H3/t13-/m0/s1. The highest BCUT2D eigenvalue weighted by Crippen LogP contribution is 2.20. The minimum Gasteiger partial charge on any atom is -0.383 e. The first-order valence-corrected chi connectivity index (χ1v) is 8.48. The highest BCUT2D eigenvalue weighted by Gasteiger charge is 2.21. The summed E-state index contributed by atoms with van der Waals surface area (Å²) in [5.74, 6) is 0. The van der Waals surface area contributed by atoms with E-state index < -0.39 is 0 Å². The van der Waals surface area contributed by atoms with Crippen molar-refractivity contribution in [3.05, 3.63) is 50.3 Å². The predicted octanol–water partition coefficient (Wildman–Crippen LogP) is 1.60. The maximum atomic E-state index is 12.0. The van der Waals surface area contributed by atoms with Crippen molar-refractivity contribution >= 4 is 11.3 Å². The monoisotopic (exact) mass is 319 g/mol. The third-order valence-corrected chi connectivity index (χ3v) is 4.91. The molecule has 3 rings (SSSR count). The summed E-state index contributed by atoms with van der Waals surface area (Å²) < 4.78 is 6.99. The summed E-state index contributed by atoms with van der Waals surface area (Å²) in [6.45, 7) is 2.03. The molecule has 0 radical (unpaired) electrons. The Hall–Kier alpha value is -1.50. The van der Waals surface area contributed by atoms with Crippen LogP contribution < -0.4 is 10.9 Å². The SMILES string of the molecule is COCCn1c2c(ccc1=O)C[C@@H](NCc1nccs1)CC2. The molecule has 1 aliphatic carbocycles. The molecule has 1 N–H and O–H groups in total. The molecule has 0 fully saturated rings. The molecule has 0 saturated heterocycles. The molecule has 22 heavy (non-hydrogen) atoms. The van der Waals surface area contributed by atoms with E-state index in [2.05, 4.69) is 10.3 Å². The molecule has 0 unspecified atom stereocenters. The summed E-state index contributed by atoms with van der Waals surface area (Å²) in [4.78, 5) is 16.3. The summed E-state index contributed by atoms with van der Waals surface area (Å²) in [6, 6.07) is 4.11. The van der Waals surface area contributed by atoms with Crippen LogP contribution in [0.1, 0.15) is 22.7 Å². The Bertz CT molecular complexity index is 667. The minimum absolute atomic E-state index is 0.0741. The number of pyridine rings is 1. The van der Waals surface area contributed by atoms with Crippen LogP contribution >= 0.6 is 11.3 Å². The average Bonchev–Trinajstić information content (AvgIpc) is 3.05. The van der Waals surface area contributed by atoms with Gasteiger partial charge < -0.3 is 14.6 Å². The van der Waals surface area contributed by atoms with E-state index in [1.807, 2.05) is 22.2 Å². The number of thiazole rings is 1. The van der Waals surface area contributed by atoms with Gasteiger partial charge >= 0.3 is 0 Å². The van der Waals surface area contributed by atoms with E-state index in [1.165, 1.54) is 11.3 Å². The van der Waals surface area contributed by atoms with E-state index >= 15 is 0 Å². The second-order valence-electron chi connectivity index (χ2n) is 5.53. The number of nitrogens with zero attached hydrogens (tertiary/aromatic N) is 2. The van der Waals surface area contributed by atoms with Gasteiger partial charge in [-0.05, 0) is 24.8 Å². The van der Waals surface area contributed by atoms with Crippen LogP contribution in [0.2, 0.25) is 0 Å². The lowest BCUT2D eigenvalue weighted by molar-refractivity contribution is 0.184. The Balaban J connectivity index is 1.69. The zero-order valence-electron chi connectivity index (χ0n) is 12.7. The molecule has 2 heterocycles. The van der Waals surface area contributed by atoms with Crippen molar-refractivity contribution in [2.24, 2.45) is 0 Å². The number of fused-ring (bicyclic) bond motifs is 1. The van der Waals surface area contributed by atoms with Crippen LogP contribution in [0.5, 0.6) is 0 Å². The third kappa shape index (κ3) is 3.45. The van der Waals surface area contributed by atoms with Gasteiger partial charge in [0.05, 0.1) is 6.61 Å². The van der Waals surface area contributed by atoms with Crippen LogP contribution in [-0.2, 0) is 30.7 Å². The van der Waals surface area contributed by atoms with Crippen LogP contribution in [0, 0.1) is 0 Å². The molecule has 2 aromatic rings. The van der Waals surface area contributed by atoms with Crippen molar-refractivity contribution < 1.29 is 4.74 Å². The molecule has 1 aliphatic rings. The Kier molecular flexibility index (Phi) is 5.02. The summed E-state index contributed by atoms with van der Waals surface area (Å²) in [5, 5.41) is 6.70. The Morgan fingerprint density at radius 1 is 1.50 bits per heavy atom. The van der Waals surface area contributed by atoms with E-state index in [9.17, 15) is 4.79 Å². The fraction of sp³-hybridized carbons (Fsp3) is 0.500. The van der Waals surface area contributed by atoms with Gasteiger partial charge in [0.1, 0.15) is 5.01 Å². The van der Waals surface area contributed by atoms with E-state index in [4.69, 9.17) is 4.74 Å². The van der Waals surface area contributed by atoms with Gasteiger partial charge in [-0.15, -0.1) is 11.3 Å². The smallest absolute Gasteiger partial charge is 0.250 e. The minimum atomic E-state index is 0.0741. The summed E-state index contributed by atoms with van der Waals surface area (Å²) in [5.41, 5.74) is 2.53. The second-order valence-corrected chi connectivity index (χ2v) is 6.51. The highest BCUT2D eigenvalue weighted by atomic mass is 32.1. The maximum Gasteiger partial charge on any atom is 0.250 e. The lowest BCUT2D eigenvalue weighted by atomic mass is 9.91. The van der Waals surface area contributed by atoms with Gasteiger partial charge in [-0.2, -0.15) is 0 Å². The summed E-state index contributed by atoms with van der Waals surface area (Å²) >= 11 is 1.68. The van der Waals surface area contributed by atoms with Crippen LogP contribution in [0.25, 0.3) is 0 Å². The predicted molar refractivity (Wildman–Crippen MR) is 87.3 cm³/mol. The number of ether oxygens (including phenoxy) is 1. The van der Waals surface area contributed by atoms with E-state index in [1.54, 1.807) is 24.5 Å². The van der Waals surface area contributed by atoms with Crippen molar-refractivity contribution in [1.29, 1.82) is 0 Å². The molecule has 0 bridgehead atoms. The second kappa shape index (κ2) is 7.17. The quantitative estimate of drug-likeness (QED) is 0.879. The average molecular weight is 319 g/mol. The molecular formula is C16H21N3O2S. The zero-order chi connectivity index (χ0) is 15.4. The van der Waals surface area contributed by atoms with Crippen LogP contribution in [0.15, 0.2) is 28.5 Å². The van der Waals surface area contributed by atoms with E-state index in [0.29, 0.717) is 19.2 Å². The van der Waals surface area contributed by atoms with Gasteiger partial charge in [0, 0.05) is 49.6 Å². The zero-order valence-corrected chi connectivity index (χ0v) is 13.6. The van der Waals surface area contributed by atoms with Crippen LogP contribution in [-0.4, -0.2) is 29.3 Å². The topological polar surface area (TPSA) is 56.1 Å². The molecule has 0 amide bonds. The number of hydrogen-bond acceptors (Lipinski definition) is 5. The Labute approximate surface area is 134 Å². The first kappa shape index (κ1) is 15.4. The largest absolute Gasteiger partial charge is 0.383 e. The van der Waals surface area contributed by atoms with Crippen molar-refractivity contribution in [3.8, 4) is 0 Å². The molecular weight excluding hydrogens is 298 g/mol. The van der Waals surface area contributed by atoms with Gasteiger partial charge in [-0.25, -0.2) is 4.98 Å². The first-order chi connectivity index (χ1) is 10.8. The Morgan fingerprint density at radius 2 is 2.41 bits per heavy atom. The normalized spacial score (nSPS) is 17.4. The summed E-state index contributed by atoms with van der Waals surface area (Å²) in [7, 11) is 1.67. The molecule has 1 atom stereocenters. The summed E-state index contributed by atoms with van der Waals surface area (Å²) in [6.07, 6.45) is 4.79. The maximum absolute atomic E-state index is 12.0. The molecule has 118 valence electrons. The van der Waals surface area contributed by atoms with Crippen LogP contribution in [0.3, 0.4) is 0 Å². The molecule has 0 spiro atoms. The van der Waals surface area contributed by atoms with Crippen molar-refractivity contribution in [3.63, 3.8) is 0 Å². The molecule has 0 aliphatic heterocycles. The number of hydrogen-bond donors (Lipinski definition) is 1. The number of aromatic nitrogens is 2. The van der Waals surface area contributed by atoms with Gasteiger partial charge in [0.2, 0.25) is 0 Å². The van der Waals surface area contributed by atoms with Crippen LogP contribution in [0.4, 0.5) is 0 Å². The number of rotatable bonds is 6. The van der Waals surface area contributed by atoms with E-state index in [-0.39, 0.29) is 5.56 Å². The molecule has 0 saturated carbocycles. The van der Waals surface area contributed by atoms with Gasteiger partial charge in [-0.3, -0.25) is 4.79 Å². The Morgan fingerprint density at radius 3 is 3.18 bits per heavy atom. The van der Waals surface area contributed by atoms with Crippen molar-refractivity contribution in [2.45, 2.75) is 38.4 Å². The van der Waals surface area contributed by atoms with Gasteiger partial charge in [-0.1, -0.05) is 6.07 Å². The van der Waals surface area contributed by atoms with E-state index in [0.717, 1.165) is 30.8 Å². The fourth-order valence-corrected chi connectivity index (χ4v) is 3.57. The first-order valence-electron chi connectivity index (χ1n) is 7.60. The molecule has 5 nitrogen and oxygen atoms in total. The van der Waals surface area contributed by atoms with Gasteiger partial charge in [0.15, 0.2) is 0 Å². The lowest BCUT2D eigenvalue weighted by Gasteiger charge is -2.27.